The number of hydrogen-bond donors (Lipinski definition) is 1. The van der Waals surface area contributed by atoms with E-state index in [2.05, 4.69) is 256 Å². The molecule has 1 radical (unpaired) electrons. The molecular weight excluding hydrogens is 1370 g/mol. The van der Waals surface area contributed by atoms with Crippen molar-refractivity contribution in [1.82, 2.24) is 0 Å². The molecule has 0 spiro atoms. The van der Waals surface area contributed by atoms with Crippen molar-refractivity contribution in [3.8, 4) is 0 Å². The molecule has 0 aliphatic carbocycles. The predicted molar refractivity (Wildman–Crippen MR) is 433 cm³/mol. The van der Waals surface area contributed by atoms with Crippen LogP contribution >= 0.6 is 60.6 Å². The van der Waals surface area contributed by atoms with Crippen LogP contribution in [0.25, 0.3) is 18.2 Å². The number of ether oxygens (including phenoxy) is 3. The van der Waals surface area contributed by atoms with Gasteiger partial charge in [-0.3, -0.25) is 0 Å². The van der Waals surface area contributed by atoms with Gasteiger partial charge in [-0.2, -0.15) is 0 Å². The average molecular weight is 1500 g/mol. The second-order valence-electron chi connectivity index (χ2n) is 24.5. The zero-order chi connectivity index (χ0) is 72.7. The fourth-order valence-electron chi connectivity index (χ4n) is 15.5. The Kier molecular flexibility index (Phi) is 39.1. The summed E-state index contributed by atoms with van der Waals surface area (Å²) in [5.41, 5.74) is 40.4. The van der Waals surface area contributed by atoms with E-state index in [1.807, 2.05) is 18.2 Å². The van der Waals surface area contributed by atoms with Crippen LogP contribution in [0, 0.1) is 0 Å². The van der Waals surface area contributed by atoms with Crippen LogP contribution in [-0.4, -0.2) is 27.5 Å². The van der Waals surface area contributed by atoms with Crippen LogP contribution in [0.5, 0.6) is 0 Å². The monoisotopic (exact) mass is 1490 g/mol. The van der Waals surface area contributed by atoms with Crippen molar-refractivity contribution >= 4 is 86.5 Å². The molecule has 0 saturated carbocycles. The molecule has 0 amide bonds. The van der Waals surface area contributed by atoms with Crippen LogP contribution in [0.3, 0.4) is 0 Å². The Morgan fingerprint density at radius 2 is 0.553 bits per heavy atom. The summed E-state index contributed by atoms with van der Waals surface area (Å²) in [6.45, 7) is 62.1. The van der Waals surface area contributed by atoms with Gasteiger partial charge in [-0.15, -0.1) is 0 Å². The molecule has 6 unspecified atom stereocenters. The molecule has 8 rings (SSSR count). The molecule has 3 saturated heterocycles. The molecule has 0 N–H and O–H groups in total. The molecule has 3 heterocycles. The van der Waals surface area contributed by atoms with E-state index in [0.717, 1.165) is 96.9 Å². The number of aryl methyl sites for hydroxylation is 3. The number of rotatable bonds is 27. The molecule has 3 aliphatic heterocycles. The van der Waals surface area contributed by atoms with Crippen molar-refractivity contribution in [2.45, 2.75) is 301 Å². The Labute approximate surface area is 612 Å². The van der Waals surface area contributed by atoms with Gasteiger partial charge in [0.15, 0.2) is 0 Å². The number of epoxide rings is 3. The van der Waals surface area contributed by atoms with Crippen molar-refractivity contribution in [2.24, 2.45) is 4.30 Å². The Bertz CT molecular complexity index is 2730. The Morgan fingerprint density at radius 3 is 0.660 bits per heavy atom. The normalized spacial score (nSPS) is 15.9. The third-order valence-corrected chi connectivity index (χ3v) is 20.8. The van der Waals surface area contributed by atoms with Gasteiger partial charge in [-0.1, -0.05) is 236 Å². The first-order chi connectivity index (χ1) is 46.1. The van der Waals surface area contributed by atoms with Gasteiger partial charge in [0.1, 0.15) is 18.3 Å². The van der Waals surface area contributed by atoms with Crippen molar-refractivity contribution < 1.29 is 17.0 Å². The second-order valence-corrected chi connectivity index (χ2v) is 28.8. The van der Waals surface area contributed by atoms with Crippen LogP contribution in [0.1, 0.15) is 339 Å². The van der Waals surface area contributed by atoms with Gasteiger partial charge >= 0.3 is 24.8 Å². The van der Waals surface area contributed by atoms with Gasteiger partial charge in [0, 0.05) is 17.2 Å². The molecule has 5 aromatic carbocycles. The van der Waals surface area contributed by atoms with Crippen molar-refractivity contribution in [3.63, 3.8) is 0 Å². The van der Waals surface area contributed by atoms with Crippen molar-refractivity contribution in [3.05, 3.63) is 188 Å². The summed E-state index contributed by atoms with van der Waals surface area (Å²) >= 11 is 14.7. The topological polar surface area (TPSA) is 49.9 Å². The molecule has 9 heteroatoms. The predicted octanol–water partition coefficient (Wildman–Crippen LogP) is 25.9. The van der Waals surface area contributed by atoms with Gasteiger partial charge in [0.25, 0.3) is 0 Å². The minimum absolute atomic E-state index is 0.250. The van der Waals surface area contributed by atoms with Gasteiger partial charge in [0.05, 0.1) is 19.8 Å². The van der Waals surface area contributed by atoms with E-state index < -0.39 is 0 Å². The Hall–Kier alpha value is -3.15. The quantitative estimate of drug-likeness (QED) is 0.0247. The minimum atomic E-state index is -0.250. The molecule has 5 aromatic rings. The van der Waals surface area contributed by atoms with Crippen molar-refractivity contribution in [2.75, 3.05) is 19.8 Å². The van der Waals surface area contributed by atoms with E-state index in [9.17, 15) is 0 Å². The number of nitrogens with zero attached hydrogens (tertiary/aromatic N) is 1. The van der Waals surface area contributed by atoms with Gasteiger partial charge < -0.3 is 14.2 Å². The first kappa shape index (κ1) is 83.3. The van der Waals surface area contributed by atoms with Crippen LogP contribution in [0.4, 0.5) is 0 Å². The fourth-order valence-corrected chi connectivity index (χ4v) is 17.1. The first-order valence-corrected chi connectivity index (χ1v) is 39.4. The fraction of sp³-hybridized carbons (Fsp3) is 0.576. The van der Waals surface area contributed by atoms with E-state index in [0.29, 0.717) is 32.8 Å². The van der Waals surface area contributed by atoms with E-state index in [4.69, 9.17) is 17.0 Å². The number of thiol groups is 1. The summed E-state index contributed by atoms with van der Waals surface area (Å²) in [4.78, 5) is 1.18. The molecular formula is C85H128BBr3NO3S. The molecule has 3 aliphatic rings. The maximum atomic E-state index is 5.88. The summed E-state index contributed by atoms with van der Waals surface area (Å²) in [5, 5.41) is 0. The van der Waals surface area contributed by atoms with Crippen LogP contribution in [0.2, 0.25) is 0 Å². The number of hydrogen-bond acceptors (Lipinski definition) is 5. The molecule has 0 bridgehead atoms. The third kappa shape index (κ3) is 21.2. The standard InChI is InChI=1S/C18H27Br3.C18H24O3.C18H30.C18H24.C12H18.CH4.BHNS/c1-7-13-16(10(4)19)14(8-2)18(12(6)21)15(9-3)17(13)11(5)20;1-4-10-16(13-7-19-13)11(5-2)18(15-9-21-15)12(6-3)17(10)14-8-20-14;2*1-7-13-14(8-2)16(10-4)18(12-6)17(11-5)15(13)9-3;1-4-10-7-11(5-2)9-12(6-3)8-10;;1-2-3/h10-12H,7-9H2,1-6H3;13-15H,4-9H2,1-3H3;7-12H2,1-6H3;7,10-11H,1,4-5,8-9,12H2,2-3,6H3;7-9H,4-6H2,1-3H3;1H4;3H/i;;;;;1D2;. The molecule has 0 aromatic heterocycles. The second kappa shape index (κ2) is 44.1. The summed E-state index contributed by atoms with van der Waals surface area (Å²) < 4.78 is 31.5. The Morgan fingerprint density at radius 1 is 0.394 bits per heavy atom. The van der Waals surface area contributed by atoms with E-state index in [1.54, 1.807) is 33.4 Å². The average Bonchev–Trinajstić information content (AvgIpc) is 1.52. The van der Waals surface area contributed by atoms with E-state index in [1.165, 1.54) is 155 Å². The van der Waals surface area contributed by atoms with Crippen molar-refractivity contribution in [1.29, 1.82) is 0 Å². The zero-order valence-electron chi connectivity index (χ0n) is 64.9. The molecule has 521 valence electrons. The molecule has 4 nitrogen and oxygen atoms in total. The van der Waals surface area contributed by atoms with Crippen LogP contribution < -0.4 is 0 Å². The van der Waals surface area contributed by atoms with Gasteiger partial charge in [-0.25, -0.2) is 0 Å². The van der Waals surface area contributed by atoms with Gasteiger partial charge in [0.2, 0.25) is 0 Å². The molecule has 6 atom stereocenters. The van der Waals surface area contributed by atoms with Crippen LogP contribution in [0.15, 0.2) is 42.2 Å². The Balaban J connectivity index is 0.000000403. The first-order valence-electron chi connectivity index (χ1n) is 37.7. The third-order valence-electron chi connectivity index (χ3n) is 19.4. The molecule has 94 heavy (non-hydrogen) atoms. The number of benzene rings is 5. The molecule has 3 fully saturated rings. The number of alkyl halides is 3. The summed E-state index contributed by atoms with van der Waals surface area (Å²) in [5.74, 6) is 0. The summed E-state index contributed by atoms with van der Waals surface area (Å²) in [7, 11) is 4.09. The maximum absolute atomic E-state index is 5.88. The van der Waals surface area contributed by atoms with Gasteiger partial charge in [-0.05, 0) is 287 Å². The van der Waals surface area contributed by atoms with E-state index in [-0.39, 0.29) is 7.38 Å². The SMILES string of the molecule is C=Cc1c(CC)c(C=C)c(CC)c(C=C)c1CC.CCc1c(C(C)Br)c(CC)c(C(C)Br)c(CC)c1C(C)Br.CCc1c(C2CO2)c(CC)c(C2CO2)c(CC)c1C1CO1.CCc1c(CC)c(CC)c(CC)c(CC)c1CC.CCc1cc(CC)cc(CC)c1.[2H]C[2H].[B]=NS. The van der Waals surface area contributed by atoms with E-state index >= 15 is 0 Å². The zero-order valence-corrected chi connectivity index (χ0v) is 68.6. The summed E-state index contributed by atoms with van der Waals surface area (Å²) in [6.07, 6.45) is 27.0. The number of halogens is 3. The summed E-state index contributed by atoms with van der Waals surface area (Å²) in [6, 6.07) is 6.96. The van der Waals surface area contributed by atoms with Crippen LogP contribution in [-0.2, 0) is 130 Å².